The Bertz CT molecular complexity index is 1010. The molecule has 7 heteroatoms. The molecule has 1 amide bonds. The van der Waals surface area contributed by atoms with Gasteiger partial charge in [0.15, 0.2) is 6.61 Å². The van der Waals surface area contributed by atoms with Crippen molar-refractivity contribution in [3.63, 3.8) is 0 Å². The number of aryl methyl sites for hydroxylation is 1. The molecule has 0 fully saturated rings. The van der Waals surface area contributed by atoms with Crippen LogP contribution in [0.3, 0.4) is 0 Å². The van der Waals surface area contributed by atoms with Crippen LogP contribution in [0, 0.1) is 19.7 Å². The molecule has 0 saturated heterocycles. The number of nitrogens with one attached hydrogen (secondary N) is 1. The van der Waals surface area contributed by atoms with Gasteiger partial charge in [0.2, 0.25) is 0 Å². The Morgan fingerprint density at radius 2 is 1.93 bits per heavy atom. The number of amides is 1. The third-order valence-electron chi connectivity index (χ3n) is 4.14. The number of hydrazone groups is 1. The molecular formula is C21H19ClFN3O2. The minimum atomic E-state index is -0.394. The monoisotopic (exact) mass is 399 g/mol. The van der Waals surface area contributed by atoms with E-state index in [-0.39, 0.29) is 12.4 Å². The van der Waals surface area contributed by atoms with E-state index in [9.17, 15) is 9.18 Å². The van der Waals surface area contributed by atoms with Crippen molar-refractivity contribution in [3.8, 4) is 11.4 Å². The van der Waals surface area contributed by atoms with Crippen LogP contribution >= 0.6 is 11.6 Å². The van der Waals surface area contributed by atoms with Crippen molar-refractivity contribution in [2.24, 2.45) is 5.10 Å². The molecule has 3 aromatic rings. The molecule has 0 aliphatic rings. The Kier molecular flexibility index (Phi) is 6.11. The highest BCUT2D eigenvalue weighted by molar-refractivity contribution is 6.30. The molecule has 2 aromatic carbocycles. The third kappa shape index (κ3) is 4.58. The fourth-order valence-corrected chi connectivity index (χ4v) is 2.93. The van der Waals surface area contributed by atoms with Crippen LogP contribution in [0.15, 0.2) is 59.7 Å². The highest BCUT2D eigenvalue weighted by Gasteiger charge is 2.12. The van der Waals surface area contributed by atoms with Crippen molar-refractivity contribution in [2.75, 3.05) is 6.61 Å². The minimum Gasteiger partial charge on any atom is -0.484 e. The van der Waals surface area contributed by atoms with E-state index in [1.165, 1.54) is 12.3 Å². The number of ether oxygens (including phenoxy) is 1. The van der Waals surface area contributed by atoms with Gasteiger partial charge < -0.3 is 9.30 Å². The summed E-state index contributed by atoms with van der Waals surface area (Å²) in [4.78, 5) is 11.9. The van der Waals surface area contributed by atoms with Gasteiger partial charge in [-0.05, 0) is 56.3 Å². The Labute approximate surface area is 167 Å². The summed E-state index contributed by atoms with van der Waals surface area (Å²) in [5, 5.41) is 4.56. The summed E-state index contributed by atoms with van der Waals surface area (Å²) >= 11 is 5.80. The highest BCUT2D eigenvalue weighted by atomic mass is 35.5. The van der Waals surface area contributed by atoms with Gasteiger partial charge in [0.1, 0.15) is 11.6 Å². The van der Waals surface area contributed by atoms with E-state index in [4.69, 9.17) is 16.3 Å². The summed E-state index contributed by atoms with van der Waals surface area (Å²) in [5.74, 6) is -0.161. The van der Waals surface area contributed by atoms with Gasteiger partial charge in [-0.3, -0.25) is 4.79 Å². The van der Waals surface area contributed by atoms with Crippen LogP contribution in [0.1, 0.15) is 17.0 Å². The average Bonchev–Trinajstić information content (AvgIpc) is 2.95. The second-order valence-electron chi connectivity index (χ2n) is 6.15. The summed E-state index contributed by atoms with van der Waals surface area (Å²) in [5.41, 5.74) is 5.34. The number of rotatable bonds is 6. The normalized spacial score (nSPS) is 11.0. The fourth-order valence-electron chi connectivity index (χ4n) is 2.81. The maximum atomic E-state index is 14.1. The number of hydrogen-bond donors (Lipinski definition) is 1. The Hall–Kier alpha value is -3.12. The molecule has 0 aliphatic carbocycles. The number of carbonyl (C=O) groups excluding carboxylic acids is 1. The lowest BCUT2D eigenvalue weighted by molar-refractivity contribution is -0.123. The topological polar surface area (TPSA) is 55.6 Å². The molecule has 0 atom stereocenters. The number of nitrogens with zero attached hydrogens (tertiary/aromatic N) is 2. The molecular weight excluding hydrogens is 381 g/mol. The molecule has 0 radical (unpaired) electrons. The summed E-state index contributed by atoms with van der Waals surface area (Å²) in [6.45, 7) is 3.58. The summed E-state index contributed by atoms with van der Waals surface area (Å²) in [6, 6.07) is 15.2. The molecule has 1 heterocycles. The number of aromatic nitrogens is 1. The largest absolute Gasteiger partial charge is 0.484 e. The standard InChI is InChI=1S/C21H19ClFN3O2/c1-14-11-16(15(2)26(14)20-6-4-3-5-19(20)23)12-24-25-21(27)13-28-18-9-7-17(22)8-10-18/h3-12H,13H2,1-2H3,(H,25,27)/b24-12-. The zero-order valence-electron chi connectivity index (χ0n) is 15.4. The van der Waals surface area contributed by atoms with Crippen molar-refractivity contribution in [1.82, 2.24) is 9.99 Å². The summed E-state index contributed by atoms with van der Waals surface area (Å²) in [7, 11) is 0. The minimum absolute atomic E-state index is 0.173. The molecule has 144 valence electrons. The van der Waals surface area contributed by atoms with Crippen LogP contribution in [-0.2, 0) is 4.79 Å². The second-order valence-corrected chi connectivity index (χ2v) is 6.59. The van der Waals surface area contributed by atoms with Gasteiger partial charge in [-0.15, -0.1) is 0 Å². The predicted molar refractivity (Wildman–Crippen MR) is 108 cm³/mol. The van der Waals surface area contributed by atoms with Crippen molar-refractivity contribution in [2.45, 2.75) is 13.8 Å². The number of benzene rings is 2. The number of para-hydroxylation sites is 1. The Morgan fingerprint density at radius 3 is 2.64 bits per heavy atom. The first kappa shape index (κ1) is 19.6. The van der Waals surface area contributed by atoms with E-state index >= 15 is 0 Å². The number of carbonyl (C=O) groups is 1. The average molecular weight is 400 g/mol. The molecule has 0 aliphatic heterocycles. The lowest BCUT2D eigenvalue weighted by Gasteiger charge is -2.10. The van der Waals surface area contributed by atoms with Gasteiger partial charge >= 0.3 is 0 Å². The molecule has 1 aromatic heterocycles. The van der Waals surface area contributed by atoms with E-state index in [0.717, 1.165) is 17.0 Å². The Morgan fingerprint density at radius 1 is 1.21 bits per heavy atom. The van der Waals surface area contributed by atoms with Crippen LogP contribution in [-0.4, -0.2) is 23.3 Å². The van der Waals surface area contributed by atoms with Gasteiger partial charge in [-0.25, -0.2) is 9.82 Å². The van der Waals surface area contributed by atoms with E-state index in [0.29, 0.717) is 16.5 Å². The quantitative estimate of drug-likeness (QED) is 0.493. The first-order valence-corrected chi connectivity index (χ1v) is 8.97. The van der Waals surface area contributed by atoms with E-state index in [1.807, 2.05) is 24.5 Å². The number of halogens is 2. The first-order valence-electron chi connectivity index (χ1n) is 8.60. The second kappa shape index (κ2) is 8.71. The zero-order chi connectivity index (χ0) is 20.1. The molecule has 1 N–H and O–H groups in total. The maximum Gasteiger partial charge on any atom is 0.277 e. The van der Waals surface area contributed by atoms with E-state index in [1.54, 1.807) is 42.5 Å². The SMILES string of the molecule is Cc1cc(/C=N\NC(=O)COc2ccc(Cl)cc2)c(C)n1-c1ccccc1F. The molecule has 0 bridgehead atoms. The van der Waals surface area contributed by atoms with Crippen molar-refractivity contribution in [3.05, 3.63) is 82.4 Å². The summed E-state index contributed by atoms with van der Waals surface area (Å²) < 4.78 is 21.3. The van der Waals surface area contributed by atoms with E-state index in [2.05, 4.69) is 10.5 Å². The zero-order valence-corrected chi connectivity index (χ0v) is 16.2. The van der Waals surface area contributed by atoms with Gasteiger partial charge in [-0.1, -0.05) is 23.7 Å². The van der Waals surface area contributed by atoms with Crippen LogP contribution in [0.2, 0.25) is 5.02 Å². The van der Waals surface area contributed by atoms with Gasteiger partial charge in [-0.2, -0.15) is 5.10 Å². The van der Waals surface area contributed by atoms with Crippen LogP contribution in [0.4, 0.5) is 4.39 Å². The fraction of sp³-hybridized carbons (Fsp3) is 0.143. The third-order valence-corrected chi connectivity index (χ3v) is 4.39. The van der Waals surface area contributed by atoms with Crippen molar-refractivity contribution < 1.29 is 13.9 Å². The molecule has 5 nitrogen and oxygen atoms in total. The van der Waals surface area contributed by atoms with Crippen LogP contribution < -0.4 is 10.2 Å². The van der Waals surface area contributed by atoms with Crippen molar-refractivity contribution in [1.29, 1.82) is 0 Å². The van der Waals surface area contributed by atoms with Gasteiger partial charge in [0.05, 0.1) is 11.9 Å². The Balaban J connectivity index is 1.63. The molecule has 0 saturated carbocycles. The lowest BCUT2D eigenvalue weighted by Crippen LogP contribution is -2.24. The van der Waals surface area contributed by atoms with Gasteiger partial charge in [0.25, 0.3) is 5.91 Å². The first-order chi connectivity index (χ1) is 13.5. The smallest absolute Gasteiger partial charge is 0.277 e. The van der Waals surface area contributed by atoms with Crippen LogP contribution in [0.5, 0.6) is 5.75 Å². The van der Waals surface area contributed by atoms with E-state index < -0.39 is 5.91 Å². The molecule has 0 unspecified atom stereocenters. The molecule has 28 heavy (non-hydrogen) atoms. The molecule has 0 spiro atoms. The van der Waals surface area contributed by atoms with Crippen LogP contribution in [0.25, 0.3) is 5.69 Å². The van der Waals surface area contributed by atoms with Crippen molar-refractivity contribution >= 4 is 23.7 Å². The highest BCUT2D eigenvalue weighted by Crippen LogP contribution is 2.21. The predicted octanol–water partition coefficient (Wildman–Crippen LogP) is 4.42. The summed E-state index contributed by atoms with van der Waals surface area (Å²) in [6.07, 6.45) is 1.53. The molecule has 3 rings (SSSR count). The lowest BCUT2D eigenvalue weighted by atomic mass is 10.2. The van der Waals surface area contributed by atoms with Gasteiger partial charge in [0, 0.05) is 22.0 Å². The number of hydrogen-bond acceptors (Lipinski definition) is 3. The maximum absolute atomic E-state index is 14.1.